The number of amides is 9. The summed E-state index contributed by atoms with van der Waals surface area (Å²) in [6.45, 7) is 20.5. The number of carbonyl (C=O) groups excluding carboxylic acids is 8. The molecule has 1 fully saturated rings. The smallest absolute Gasteiger partial charge is 0.322 e. The summed E-state index contributed by atoms with van der Waals surface area (Å²) in [5, 5.41) is 27.5. The highest BCUT2D eigenvalue weighted by Crippen LogP contribution is 2.17. The monoisotopic (exact) mass is 872 g/mol. The molecule has 0 aromatic heterocycles. The summed E-state index contributed by atoms with van der Waals surface area (Å²) in [5.74, 6) is -4.88. The highest BCUT2D eigenvalue weighted by atomic mass is 32.2. The van der Waals surface area contributed by atoms with Crippen molar-refractivity contribution < 1.29 is 48.2 Å². The maximum atomic E-state index is 13.9. The number of carbonyl (C=O) groups is 8. The number of nitrogens with two attached hydrogens (primary N) is 1. The number of hydrogen-bond donors (Lipinski definition) is 9. The van der Waals surface area contributed by atoms with Crippen molar-refractivity contribution in [3.05, 3.63) is 0 Å². The van der Waals surface area contributed by atoms with E-state index in [0.717, 1.165) is 26.1 Å². The maximum absolute atomic E-state index is 13.9. The lowest BCUT2D eigenvalue weighted by Gasteiger charge is -2.30. The van der Waals surface area contributed by atoms with Crippen molar-refractivity contribution in [3.8, 4) is 0 Å². The molecule has 0 spiro atoms. The second kappa shape index (κ2) is 27.0. The number of primary amides is 1. The third-order valence-corrected chi connectivity index (χ3v) is 10.5. The summed E-state index contributed by atoms with van der Waals surface area (Å²) in [6.07, 6.45) is 1.68. The minimum atomic E-state index is -1.43. The summed E-state index contributed by atoms with van der Waals surface area (Å²) >= 11 is 1.24. The third-order valence-electron chi connectivity index (χ3n) is 9.28. The van der Waals surface area contributed by atoms with Crippen LogP contribution in [0, 0.1) is 17.8 Å². The number of hydrogen-bond acceptors (Lipinski definition) is 12. The van der Waals surface area contributed by atoms with E-state index in [1.165, 1.54) is 32.5 Å². The van der Waals surface area contributed by atoms with Gasteiger partial charge >= 0.3 is 6.03 Å². The van der Waals surface area contributed by atoms with E-state index in [2.05, 4.69) is 42.1 Å². The number of rotatable bonds is 26. The van der Waals surface area contributed by atoms with Crippen LogP contribution >= 0.6 is 11.8 Å². The van der Waals surface area contributed by atoms with Crippen LogP contribution < -0.4 is 43.0 Å². The van der Waals surface area contributed by atoms with Crippen molar-refractivity contribution in [2.75, 3.05) is 38.6 Å². The van der Waals surface area contributed by atoms with Crippen LogP contribution in [-0.2, 0) is 38.3 Å². The zero-order chi connectivity index (χ0) is 45.7. The van der Waals surface area contributed by atoms with Crippen LogP contribution in [0.2, 0.25) is 0 Å². The van der Waals surface area contributed by atoms with Crippen LogP contribution in [0.25, 0.3) is 0 Å². The summed E-state index contributed by atoms with van der Waals surface area (Å²) in [7, 11) is 0. The van der Waals surface area contributed by atoms with Gasteiger partial charge in [-0.15, -0.1) is 11.8 Å². The average molecular weight is 872 g/mol. The molecule has 9 amide bonds. The molecule has 10 N–H and O–H groups in total. The predicted molar refractivity (Wildman–Crippen MR) is 229 cm³/mol. The fourth-order valence-corrected chi connectivity index (χ4v) is 7.13. The molecule has 20 heteroatoms. The number of ether oxygens (including phenoxy) is 1. The predicted octanol–water partition coefficient (Wildman–Crippen LogP) is 0.232. The molecule has 1 rings (SSSR count). The molecule has 1 saturated heterocycles. The molecule has 1 aliphatic rings. The molecule has 1 aliphatic heterocycles. The van der Waals surface area contributed by atoms with Crippen molar-refractivity contribution in [2.24, 2.45) is 23.5 Å². The van der Waals surface area contributed by atoms with Crippen LogP contribution in [0.4, 0.5) is 4.79 Å². The van der Waals surface area contributed by atoms with Gasteiger partial charge in [-0.05, 0) is 76.5 Å². The van der Waals surface area contributed by atoms with E-state index >= 15 is 0 Å². The number of nitrogens with one attached hydrogen (secondary N) is 7. The van der Waals surface area contributed by atoms with Gasteiger partial charge in [-0.1, -0.05) is 48.5 Å². The molecule has 0 saturated carbocycles. The first-order valence-corrected chi connectivity index (χ1v) is 22.0. The van der Waals surface area contributed by atoms with Gasteiger partial charge in [0, 0.05) is 25.9 Å². The molecule has 344 valence electrons. The third kappa shape index (κ3) is 22.0. The Morgan fingerprint density at radius 3 is 1.83 bits per heavy atom. The Kier molecular flexibility index (Phi) is 24.3. The number of thioether (sulfide) groups is 1. The molecule has 6 atom stereocenters. The molecule has 0 radical (unpaired) electrons. The van der Waals surface area contributed by atoms with Crippen molar-refractivity contribution in [1.82, 2.24) is 42.1 Å². The fourth-order valence-electron chi connectivity index (χ4n) is 6.16. The minimum absolute atomic E-state index is 0.0252. The molecule has 1 heterocycles. The van der Waals surface area contributed by atoms with Gasteiger partial charge in [-0.25, -0.2) is 4.79 Å². The first-order chi connectivity index (χ1) is 27.9. The molecule has 0 bridgehead atoms. The maximum Gasteiger partial charge on any atom is 0.322 e. The van der Waals surface area contributed by atoms with E-state index in [9.17, 15) is 43.5 Å². The first kappa shape index (κ1) is 54.0. The highest BCUT2D eigenvalue weighted by Gasteiger charge is 2.36. The zero-order valence-electron chi connectivity index (χ0n) is 37.2. The largest absolute Gasteiger partial charge is 0.390 e. The lowest BCUT2D eigenvalue weighted by Crippen LogP contribution is -2.61. The molecule has 0 aromatic rings. The van der Waals surface area contributed by atoms with E-state index in [1.807, 2.05) is 34.6 Å². The van der Waals surface area contributed by atoms with Crippen LogP contribution in [0.5, 0.6) is 0 Å². The molecule has 0 aromatic carbocycles. The summed E-state index contributed by atoms with van der Waals surface area (Å²) in [4.78, 5) is 107. The second-order valence-electron chi connectivity index (χ2n) is 17.2. The van der Waals surface area contributed by atoms with Crippen molar-refractivity contribution in [2.45, 2.75) is 149 Å². The van der Waals surface area contributed by atoms with E-state index in [1.54, 1.807) is 13.8 Å². The van der Waals surface area contributed by atoms with Gasteiger partial charge in [-0.2, -0.15) is 0 Å². The lowest BCUT2D eigenvalue weighted by molar-refractivity contribution is -0.136. The molecular weight excluding hydrogens is 799 g/mol. The van der Waals surface area contributed by atoms with Gasteiger partial charge < -0.3 is 47.5 Å². The van der Waals surface area contributed by atoms with Crippen LogP contribution in [0.1, 0.15) is 108 Å². The standard InChI is InChI=1S/C40H73N9O10S/c1-11-13-30(50)46-38(60-19-12-14-49-15-17-59-18-16-49)37(56)44-29(22-40(9,10)58)35(54)47-31(25(6)7)36(55)43-28(21-24(4)5)34(53)42-26(8)33(52)48-39(57)45-27(32(41)51)20-23(2)3/h23-29,31,38,58H,11-22H2,1-10H3,(H2,41,51)(H,42,53)(H,43,55)(H,44,56)(H,46,50)(H,47,54)(H2,45,48,52,57)/t26-,27-,28-,29-,31-,38+/m0/s1. The zero-order valence-corrected chi connectivity index (χ0v) is 38.1. The van der Waals surface area contributed by atoms with E-state index in [0.29, 0.717) is 25.4 Å². The molecular formula is C40H73N9O10S. The number of aliphatic hydroxyl groups is 1. The van der Waals surface area contributed by atoms with Crippen molar-refractivity contribution in [1.29, 1.82) is 0 Å². The van der Waals surface area contributed by atoms with Gasteiger partial charge in [0.05, 0.1) is 18.8 Å². The highest BCUT2D eigenvalue weighted by molar-refractivity contribution is 8.00. The normalized spacial score (nSPS) is 16.4. The fraction of sp³-hybridized carbons (Fsp3) is 0.800. The quantitative estimate of drug-likeness (QED) is 0.0418. The first-order valence-electron chi connectivity index (χ1n) is 21.0. The molecule has 60 heavy (non-hydrogen) atoms. The average Bonchev–Trinajstić information content (AvgIpc) is 3.13. The minimum Gasteiger partial charge on any atom is -0.390 e. The number of imide groups is 1. The Morgan fingerprint density at radius 2 is 1.30 bits per heavy atom. The van der Waals surface area contributed by atoms with Crippen molar-refractivity contribution >= 4 is 59.1 Å². The second-order valence-corrected chi connectivity index (χ2v) is 18.4. The Hall–Kier alpha value is -4.01. The summed E-state index contributed by atoms with van der Waals surface area (Å²) in [5.41, 5.74) is 3.94. The Bertz CT molecular complexity index is 1440. The van der Waals surface area contributed by atoms with Gasteiger partial charge in [0.25, 0.3) is 5.91 Å². The molecule has 0 aliphatic carbocycles. The summed E-state index contributed by atoms with van der Waals surface area (Å²) in [6, 6.07) is -6.91. The van der Waals surface area contributed by atoms with Crippen molar-refractivity contribution in [3.63, 3.8) is 0 Å². The van der Waals surface area contributed by atoms with Gasteiger partial charge in [0.1, 0.15) is 30.2 Å². The van der Waals surface area contributed by atoms with Crippen LogP contribution in [-0.4, -0.2) is 137 Å². The Morgan fingerprint density at radius 1 is 0.733 bits per heavy atom. The molecule has 0 unspecified atom stereocenters. The number of morpholine rings is 1. The SMILES string of the molecule is CCCC(=O)N[C@H](SCCCN1CCOCC1)C(=O)N[C@@H](CC(C)(C)O)C(=O)N[C@H](C(=O)N[C@@H](CC(C)C)C(=O)N[C@@H](C)C(=O)NC(=O)N[C@@H](CC(C)C)C(N)=O)C(C)C. The van der Waals surface area contributed by atoms with Crippen LogP contribution in [0.15, 0.2) is 0 Å². The lowest BCUT2D eigenvalue weighted by atomic mass is 9.96. The molecule has 19 nitrogen and oxygen atoms in total. The van der Waals surface area contributed by atoms with Crippen LogP contribution in [0.3, 0.4) is 0 Å². The van der Waals surface area contributed by atoms with Gasteiger partial charge in [0.15, 0.2) is 5.37 Å². The van der Waals surface area contributed by atoms with E-state index < -0.39 is 88.6 Å². The van der Waals surface area contributed by atoms with E-state index in [-0.39, 0.29) is 43.4 Å². The van der Waals surface area contributed by atoms with Gasteiger partial charge in [0.2, 0.25) is 35.4 Å². The Balaban J connectivity index is 3.12. The Labute approximate surface area is 359 Å². The van der Waals surface area contributed by atoms with Gasteiger partial charge in [-0.3, -0.25) is 43.8 Å². The van der Waals surface area contributed by atoms with E-state index in [4.69, 9.17) is 10.5 Å². The topological polar surface area (TPSA) is 279 Å². The number of nitrogens with zero attached hydrogens (tertiary/aromatic N) is 1. The summed E-state index contributed by atoms with van der Waals surface area (Å²) < 4.78 is 5.40. The number of urea groups is 1.